The van der Waals surface area contributed by atoms with Crippen molar-refractivity contribution < 1.29 is 13.2 Å². The number of anilines is 1. The summed E-state index contributed by atoms with van der Waals surface area (Å²) in [5.74, 6) is 0.110. The van der Waals surface area contributed by atoms with Crippen LogP contribution in [0.1, 0.15) is 5.56 Å². The number of hydrogen-bond donors (Lipinski definition) is 1. The molecule has 1 aromatic heterocycles. The second-order valence-electron chi connectivity index (χ2n) is 5.80. The van der Waals surface area contributed by atoms with Gasteiger partial charge in [0, 0.05) is 17.5 Å². The first-order valence-corrected chi connectivity index (χ1v) is 9.66. The molecule has 0 spiro atoms. The van der Waals surface area contributed by atoms with Crippen molar-refractivity contribution in [3.05, 3.63) is 54.1 Å². The summed E-state index contributed by atoms with van der Waals surface area (Å²) < 4.78 is 22.9. The van der Waals surface area contributed by atoms with E-state index < -0.39 is 9.84 Å². The minimum absolute atomic E-state index is 0.104. The Labute approximate surface area is 150 Å². The Balaban J connectivity index is 1.67. The number of tetrazole rings is 1. The number of nitrogens with one attached hydrogen (secondary N) is 1. The highest BCUT2D eigenvalue weighted by molar-refractivity contribution is 7.90. The van der Waals surface area contributed by atoms with Crippen LogP contribution in [0.4, 0.5) is 5.69 Å². The van der Waals surface area contributed by atoms with Crippen molar-refractivity contribution in [3.8, 4) is 11.4 Å². The molecule has 9 heteroatoms. The molecule has 3 aromatic rings. The van der Waals surface area contributed by atoms with Crippen molar-refractivity contribution in [1.82, 2.24) is 20.2 Å². The molecule has 0 atom stereocenters. The molecule has 3 rings (SSSR count). The van der Waals surface area contributed by atoms with E-state index in [-0.39, 0.29) is 17.3 Å². The summed E-state index contributed by atoms with van der Waals surface area (Å²) in [6.07, 6.45) is 1.13. The fourth-order valence-electron chi connectivity index (χ4n) is 2.36. The van der Waals surface area contributed by atoms with E-state index >= 15 is 0 Å². The van der Waals surface area contributed by atoms with Gasteiger partial charge in [0.1, 0.15) is 6.54 Å². The third-order valence-corrected chi connectivity index (χ3v) is 4.82. The van der Waals surface area contributed by atoms with Gasteiger partial charge in [-0.1, -0.05) is 24.3 Å². The number of carbonyl (C=O) groups excluding carboxylic acids is 1. The number of carbonyl (C=O) groups is 1. The first-order valence-electron chi connectivity index (χ1n) is 7.77. The van der Waals surface area contributed by atoms with Crippen LogP contribution in [0.15, 0.2) is 53.4 Å². The summed E-state index contributed by atoms with van der Waals surface area (Å²) in [7, 11) is -3.27. The van der Waals surface area contributed by atoms with Crippen LogP contribution >= 0.6 is 0 Å². The number of amides is 1. The fraction of sp³-hybridized carbons (Fsp3) is 0.176. The Morgan fingerprint density at radius 3 is 2.46 bits per heavy atom. The number of hydrogen-bond acceptors (Lipinski definition) is 6. The van der Waals surface area contributed by atoms with Crippen LogP contribution in [0.2, 0.25) is 0 Å². The minimum atomic E-state index is -3.27. The van der Waals surface area contributed by atoms with Crippen molar-refractivity contribution in [2.24, 2.45) is 0 Å². The Morgan fingerprint density at radius 2 is 1.81 bits per heavy atom. The smallest absolute Gasteiger partial charge is 0.248 e. The van der Waals surface area contributed by atoms with Crippen LogP contribution in [0.25, 0.3) is 11.4 Å². The van der Waals surface area contributed by atoms with Crippen LogP contribution in [0, 0.1) is 6.92 Å². The molecule has 0 saturated carbocycles. The van der Waals surface area contributed by atoms with Crippen molar-refractivity contribution in [2.45, 2.75) is 18.4 Å². The van der Waals surface area contributed by atoms with Crippen molar-refractivity contribution in [3.63, 3.8) is 0 Å². The van der Waals surface area contributed by atoms with Crippen LogP contribution in [-0.4, -0.2) is 40.8 Å². The van der Waals surface area contributed by atoms with Gasteiger partial charge in [0.2, 0.25) is 11.7 Å². The SMILES string of the molecule is Cc1ccccc1-c1nnn(CC(=O)Nc2ccc(S(C)(=O)=O)cc2)n1. The van der Waals surface area contributed by atoms with E-state index in [0.29, 0.717) is 11.5 Å². The Hall–Kier alpha value is -3.07. The molecule has 0 aliphatic rings. The lowest BCUT2D eigenvalue weighted by molar-refractivity contribution is -0.117. The van der Waals surface area contributed by atoms with Gasteiger partial charge in [-0.25, -0.2) is 8.42 Å². The zero-order chi connectivity index (χ0) is 18.7. The van der Waals surface area contributed by atoms with Gasteiger partial charge in [0.15, 0.2) is 9.84 Å². The molecule has 1 heterocycles. The number of aromatic nitrogens is 4. The van der Waals surface area contributed by atoms with Gasteiger partial charge in [-0.2, -0.15) is 4.80 Å². The summed E-state index contributed by atoms with van der Waals surface area (Å²) in [4.78, 5) is 13.5. The Morgan fingerprint density at radius 1 is 1.12 bits per heavy atom. The lowest BCUT2D eigenvalue weighted by atomic mass is 10.1. The molecule has 8 nitrogen and oxygen atoms in total. The van der Waals surface area contributed by atoms with Gasteiger partial charge in [-0.05, 0) is 42.0 Å². The number of sulfone groups is 1. The zero-order valence-electron chi connectivity index (χ0n) is 14.2. The van der Waals surface area contributed by atoms with Gasteiger partial charge in [0.25, 0.3) is 0 Å². The van der Waals surface area contributed by atoms with Gasteiger partial charge in [-0.15, -0.1) is 10.2 Å². The summed E-state index contributed by atoms with van der Waals surface area (Å²) in [6, 6.07) is 13.6. The second kappa shape index (κ2) is 7.04. The number of nitrogens with zero attached hydrogens (tertiary/aromatic N) is 4. The van der Waals surface area contributed by atoms with Crippen LogP contribution < -0.4 is 5.32 Å². The molecule has 134 valence electrons. The monoisotopic (exact) mass is 371 g/mol. The van der Waals surface area contributed by atoms with E-state index in [2.05, 4.69) is 20.7 Å². The van der Waals surface area contributed by atoms with E-state index in [1.165, 1.54) is 29.1 Å². The zero-order valence-corrected chi connectivity index (χ0v) is 15.1. The van der Waals surface area contributed by atoms with E-state index in [1.54, 1.807) is 0 Å². The molecule has 0 fully saturated rings. The van der Waals surface area contributed by atoms with E-state index in [4.69, 9.17) is 0 Å². The fourth-order valence-corrected chi connectivity index (χ4v) is 2.99. The highest BCUT2D eigenvalue weighted by Gasteiger charge is 2.12. The minimum Gasteiger partial charge on any atom is -0.324 e. The molecular formula is C17H17N5O3S. The average molecular weight is 371 g/mol. The van der Waals surface area contributed by atoms with Crippen LogP contribution in [-0.2, 0) is 21.2 Å². The quantitative estimate of drug-likeness (QED) is 0.731. The molecule has 1 N–H and O–H groups in total. The molecular weight excluding hydrogens is 354 g/mol. The Bertz CT molecular complexity index is 1040. The standard InChI is InChI=1S/C17H17N5O3S/c1-12-5-3-4-6-15(12)17-19-21-22(20-17)11-16(23)18-13-7-9-14(10-8-13)26(2,24)25/h3-10H,11H2,1-2H3,(H,18,23). The number of benzene rings is 2. The molecule has 0 aliphatic carbocycles. The topological polar surface area (TPSA) is 107 Å². The third-order valence-electron chi connectivity index (χ3n) is 3.69. The summed E-state index contributed by atoms with van der Waals surface area (Å²) in [6.45, 7) is 1.84. The third kappa shape index (κ3) is 4.12. The van der Waals surface area contributed by atoms with Crippen LogP contribution in [0.3, 0.4) is 0 Å². The predicted molar refractivity (Wildman–Crippen MR) is 96.2 cm³/mol. The number of aryl methyl sites for hydroxylation is 1. The Kier molecular flexibility index (Phi) is 4.81. The molecule has 0 aliphatic heterocycles. The molecule has 2 aromatic carbocycles. The van der Waals surface area contributed by atoms with Gasteiger partial charge in [0.05, 0.1) is 4.90 Å². The van der Waals surface area contributed by atoms with Crippen molar-refractivity contribution in [1.29, 1.82) is 0 Å². The molecule has 0 bridgehead atoms. The molecule has 1 amide bonds. The maximum absolute atomic E-state index is 12.1. The molecule has 0 saturated heterocycles. The first-order chi connectivity index (χ1) is 12.3. The van der Waals surface area contributed by atoms with E-state index in [0.717, 1.165) is 17.4 Å². The van der Waals surface area contributed by atoms with Gasteiger partial charge < -0.3 is 5.32 Å². The average Bonchev–Trinajstić information content (AvgIpc) is 3.03. The maximum atomic E-state index is 12.1. The highest BCUT2D eigenvalue weighted by Crippen LogP contribution is 2.18. The summed E-state index contributed by atoms with van der Waals surface area (Å²) in [5.41, 5.74) is 2.36. The normalized spacial score (nSPS) is 11.3. The largest absolute Gasteiger partial charge is 0.324 e. The summed E-state index contributed by atoms with van der Waals surface area (Å²) >= 11 is 0. The molecule has 0 unspecified atom stereocenters. The van der Waals surface area contributed by atoms with E-state index in [9.17, 15) is 13.2 Å². The lowest BCUT2D eigenvalue weighted by Crippen LogP contribution is -2.20. The lowest BCUT2D eigenvalue weighted by Gasteiger charge is -2.05. The molecule has 0 radical (unpaired) electrons. The highest BCUT2D eigenvalue weighted by atomic mass is 32.2. The summed E-state index contributed by atoms with van der Waals surface area (Å²) in [5, 5.41) is 14.8. The van der Waals surface area contributed by atoms with Gasteiger partial charge in [-0.3, -0.25) is 4.79 Å². The van der Waals surface area contributed by atoms with Crippen LogP contribution in [0.5, 0.6) is 0 Å². The number of rotatable bonds is 5. The molecule has 26 heavy (non-hydrogen) atoms. The maximum Gasteiger partial charge on any atom is 0.248 e. The van der Waals surface area contributed by atoms with Crippen molar-refractivity contribution in [2.75, 3.05) is 11.6 Å². The predicted octanol–water partition coefficient (Wildman–Crippen LogP) is 1.69. The first kappa shape index (κ1) is 17.7. The van der Waals surface area contributed by atoms with Gasteiger partial charge >= 0.3 is 0 Å². The van der Waals surface area contributed by atoms with E-state index in [1.807, 2.05) is 31.2 Å². The van der Waals surface area contributed by atoms with Crippen molar-refractivity contribution >= 4 is 21.4 Å². The second-order valence-corrected chi connectivity index (χ2v) is 7.82.